The molecule has 0 spiro atoms. The second kappa shape index (κ2) is 12.8. The van der Waals surface area contributed by atoms with Crippen molar-refractivity contribution in [3.63, 3.8) is 0 Å². The number of carbonyl (C=O) groups excluding carboxylic acids is 3. The molecule has 4 aliphatic rings. The van der Waals surface area contributed by atoms with E-state index in [1.807, 2.05) is 70.5 Å². The average molecular weight is 733 g/mol. The van der Waals surface area contributed by atoms with Gasteiger partial charge in [-0.25, -0.2) is 19.6 Å². The zero-order valence-corrected chi connectivity index (χ0v) is 29.9. The molecule has 2 saturated carbocycles. The molecule has 15 heteroatoms. The van der Waals surface area contributed by atoms with Crippen LogP contribution in [0.15, 0.2) is 60.7 Å². The molecule has 2 aromatic heterocycles. The lowest BCUT2D eigenvalue weighted by molar-refractivity contribution is -0.135. The van der Waals surface area contributed by atoms with E-state index in [2.05, 4.69) is 20.6 Å². The van der Waals surface area contributed by atoms with Crippen LogP contribution in [0.1, 0.15) is 63.3 Å². The number of methoxy groups -OCH3 is 1. The number of amides is 4. The Morgan fingerprint density at radius 3 is 2.04 bits per heavy atom. The van der Waals surface area contributed by atoms with Crippen molar-refractivity contribution in [2.45, 2.75) is 75.8 Å². The Bertz CT molecular complexity index is 2320. The van der Waals surface area contributed by atoms with Crippen LogP contribution in [0.5, 0.6) is 11.5 Å². The van der Waals surface area contributed by atoms with E-state index in [0.717, 1.165) is 53.4 Å². The van der Waals surface area contributed by atoms with Gasteiger partial charge in [0, 0.05) is 12.1 Å². The predicted octanol–water partition coefficient (Wildman–Crippen LogP) is 5.62. The van der Waals surface area contributed by atoms with Gasteiger partial charge in [-0.3, -0.25) is 9.59 Å². The van der Waals surface area contributed by atoms with Gasteiger partial charge in [-0.2, -0.15) is 0 Å². The summed E-state index contributed by atoms with van der Waals surface area (Å²) < 4.78 is 11.0. The third kappa shape index (κ3) is 5.93. The molecule has 54 heavy (non-hydrogen) atoms. The second-order valence-corrected chi connectivity index (χ2v) is 14.9. The molecule has 2 saturated heterocycles. The number of para-hydroxylation sites is 1. The molecular weight excluding hydrogens is 692 g/mol. The van der Waals surface area contributed by atoms with E-state index in [-0.39, 0.29) is 36.0 Å². The predicted molar refractivity (Wildman–Crippen MR) is 196 cm³/mol. The molecule has 2 aliphatic carbocycles. The van der Waals surface area contributed by atoms with Crippen LogP contribution in [-0.4, -0.2) is 90.1 Å². The lowest BCUT2D eigenvalue weighted by atomic mass is 10.1. The van der Waals surface area contributed by atoms with Gasteiger partial charge in [0.15, 0.2) is 5.75 Å². The van der Waals surface area contributed by atoms with E-state index in [1.54, 1.807) is 13.8 Å². The third-order valence-electron chi connectivity index (χ3n) is 11.4. The number of ether oxygens (including phenoxy) is 2. The number of piperidine rings is 2. The van der Waals surface area contributed by atoms with Crippen LogP contribution in [0, 0.1) is 11.8 Å². The van der Waals surface area contributed by atoms with Gasteiger partial charge in [0.1, 0.15) is 35.0 Å². The molecule has 15 nitrogen and oxygen atoms in total. The van der Waals surface area contributed by atoms with E-state index < -0.39 is 24.3 Å². The number of imidazole rings is 2. The van der Waals surface area contributed by atoms with Gasteiger partial charge < -0.3 is 45.0 Å². The maximum atomic E-state index is 13.4. The summed E-state index contributed by atoms with van der Waals surface area (Å²) in [5.74, 6) is 3.05. The number of nitrogens with one attached hydrogen (secondary N) is 4. The summed E-state index contributed by atoms with van der Waals surface area (Å²) in [6.07, 6.45) is 1.62. The van der Waals surface area contributed by atoms with Crippen molar-refractivity contribution < 1.29 is 33.8 Å². The van der Waals surface area contributed by atoms with Crippen molar-refractivity contribution in [1.82, 2.24) is 40.4 Å². The van der Waals surface area contributed by atoms with Gasteiger partial charge in [0.05, 0.1) is 35.7 Å². The molecule has 5 N–H and O–H groups in total. The third-order valence-corrected chi connectivity index (χ3v) is 11.4. The largest absolute Gasteiger partial charge is 0.465 e. The second-order valence-electron chi connectivity index (χ2n) is 14.9. The average Bonchev–Trinajstić information content (AvgIpc) is 3.82. The van der Waals surface area contributed by atoms with Crippen LogP contribution in [0.2, 0.25) is 0 Å². The van der Waals surface area contributed by atoms with E-state index in [4.69, 9.17) is 24.5 Å². The molecule has 0 unspecified atom stereocenters. The van der Waals surface area contributed by atoms with Crippen molar-refractivity contribution in [2.24, 2.45) is 11.8 Å². The number of nitrogens with zero attached hydrogens (tertiary/aromatic N) is 4. The first-order chi connectivity index (χ1) is 26.1. The number of carbonyl (C=O) groups is 4. The van der Waals surface area contributed by atoms with Gasteiger partial charge in [-0.15, -0.1) is 0 Å². The van der Waals surface area contributed by atoms with Gasteiger partial charge in [-0.05, 0) is 98.9 Å². The fourth-order valence-corrected chi connectivity index (χ4v) is 8.50. The summed E-state index contributed by atoms with van der Waals surface area (Å²) in [4.78, 5) is 69.9. The number of benzene rings is 3. The lowest BCUT2D eigenvalue weighted by Gasteiger charge is -2.29. The zero-order valence-electron chi connectivity index (χ0n) is 29.9. The molecular formula is C39H40N8O7. The van der Waals surface area contributed by atoms with E-state index in [9.17, 15) is 19.2 Å². The van der Waals surface area contributed by atoms with Crippen LogP contribution in [0.4, 0.5) is 9.59 Å². The highest BCUT2D eigenvalue weighted by Crippen LogP contribution is 2.54. The van der Waals surface area contributed by atoms with Gasteiger partial charge in [0.25, 0.3) is 0 Å². The summed E-state index contributed by atoms with van der Waals surface area (Å²) in [7, 11) is 1.27. The number of rotatable bonds is 9. The number of hydrogen-bond acceptors (Lipinski definition) is 8. The Morgan fingerprint density at radius 2 is 1.39 bits per heavy atom. The molecule has 5 aromatic rings. The van der Waals surface area contributed by atoms with Gasteiger partial charge in [0.2, 0.25) is 11.8 Å². The maximum Gasteiger partial charge on any atom is 0.407 e. The van der Waals surface area contributed by atoms with Crippen LogP contribution in [0.25, 0.3) is 33.2 Å². The summed E-state index contributed by atoms with van der Waals surface area (Å²) in [6.45, 7) is 3.24. The van der Waals surface area contributed by atoms with Crippen LogP contribution < -0.4 is 15.4 Å². The molecule has 278 valence electrons. The van der Waals surface area contributed by atoms with E-state index in [1.165, 1.54) is 7.11 Å². The minimum absolute atomic E-state index is 0.123. The fourth-order valence-electron chi connectivity index (χ4n) is 8.50. The minimum Gasteiger partial charge on any atom is -0.465 e. The van der Waals surface area contributed by atoms with Crippen molar-refractivity contribution in [3.8, 4) is 22.6 Å². The number of likely N-dealkylation sites (tertiary alicyclic amines) is 2. The summed E-state index contributed by atoms with van der Waals surface area (Å²) >= 11 is 0. The Kier molecular flexibility index (Phi) is 7.97. The fraction of sp³-hybridized carbons (Fsp3) is 0.385. The number of fused-ring (bicyclic) bond motifs is 4. The smallest absolute Gasteiger partial charge is 0.407 e. The summed E-state index contributed by atoms with van der Waals surface area (Å²) in [5, 5.41) is 14.0. The Morgan fingerprint density at radius 1 is 0.778 bits per heavy atom. The monoisotopic (exact) mass is 732 g/mol. The number of carboxylic acid groups (broad SMARTS) is 1. The highest BCUT2D eigenvalue weighted by Gasteiger charge is 2.57. The summed E-state index contributed by atoms with van der Waals surface area (Å²) in [6, 6.07) is 17.7. The standard InChI is InChI=1S/C39H40N8O7/c1-18(40-38(50)51)36(48)46-28-14-22(28)16-30(46)34-42-25-12-9-21(13-27(25)44-34)20-7-10-24(11-8-20)54-32-6-4-5-26-33(32)45-35(43-26)31-17-23-15-29(23)47(31)37(49)19(2)41-39(52)53-3/h4-13,18-19,22-23,28-31,40H,14-17H2,1-3H3,(H,41,52)(H,42,44)(H,43,45)(H,50,51)/t18-,19-,22+,23+,28+,29+,30-,31-/m0/s1. The van der Waals surface area contributed by atoms with Crippen LogP contribution in [-0.2, 0) is 14.3 Å². The molecule has 9 rings (SSSR count). The Balaban J connectivity index is 0.908. The molecule has 0 bridgehead atoms. The topological polar surface area (TPSA) is 195 Å². The highest BCUT2D eigenvalue weighted by molar-refractivity contribution is 5.88. The van der Waals surface area contributed by atoms with Crippen molar-refractivity contribution >= 4 is 46.1 Å². The molecule has 4 heterocycles. The normalized spacial score (nSPS) is 24.8. The number of hydrogen-bond donors (Lipinski definition) is 5. The Labute approximate surface area is 309 Å². The molecule has 0 radical (unpaired) electrons. The maximum absolute atomic E-state index is 13.4. The zero-order chi connectivity index (χ0) is 37.4. The van der Waals surface area contributed by atoms with Crippen molar-refractivity contribution in [1.29, 1.82) is 0 Å². The SMILES string of the molecule is COC(=O)N[C@@H](C)C(=O)N1[C@@H]2C[C@@H]2C[C@H]1c1nc2c(Oc3ccc(-c4ccc5nc([C@@H]6C[C@H]7C[C@H]7N6C(=O)[C@H](C)NC(=O)O)[nH]c5c4)cc3)cccc2[nH]1. The number of aromatic nitrogens is 4. The Hall–Kier alpha value is -6.12. The number of alkyl carbamates (subject to hydrolysis) is 1. The molecule has 8 atom stereocenters. The summed E-state index contributed by atoms with van der Waals surface area (Å²) in [5.41, 5.74) is 5.07. The number of H-pyrrole nitrogens is 2. The first-order valence-corrected chi connectivity index (χ1v) is 18.3. The quantitative estimate of drug-likeness (QED) is 0.128. The van der Waals surface area contributed by atoms with E-state index in [0.29, 0.717) is 40.5 Å². The molecule has 4 fully saturated rings. The molecule has 4 amide bonds. The minimum atomic E-state index is -1.22. The van der Waals surface area contributed by atoms with Gasteiger partial charge >= 0.3 is 12.2 Å². The first kappa shape index (κ1) is 33.7. The highest BCUT2D eigenvalue weighted by atomic mass is 16.5. The molecule has 3 aromatic carbocycles. The number of aromatic amines is 2. The van der Waals surface area contributed by atoms with Crippen molar-refractivity contribution in [3.05, 3.63) is 72.3 Å². The van der Waals surface area contributed by atoms with Gasteiger partial charge in [-0.1, -0.05) is 24.3 Å². The van der Waals surface area contributed by atoms with E-state index >= 15 is 0 Å². The molecule has 2 aliphatic heterocycles. The van der Waals surface area contributed by atoms with Crippen LogP contribution >= 0.6 is 0 Å². The van der Waals surface area contributed by atoms with Crippen LogP contribution in [0.3, 0.4) is 0 Å². The lowest BCUT2D eigenvalue weighted by Crippen LogP contribution is -2.47. The van der Waals surface area contributed by atoms with Crippen molar-refractivity contribution in [2.75, 3.05) is 7.11 Å². The first-order valence-electron chi connectivity index (χ1n) is 18.3.